The first-order valence-electron chi connectivity index (χ1n) is 5.34. The van der Waals surface area contributed by atoms with E-state index in [9.17, 15) is 9.59 Å². The monoisotopic (exact) mass is 244 g/mol. The summed E-state index contributed by atoms with van der Waals surface area (Å²) >= 11 is 0. The van der Waals surface area contributed by atoms with Gasteiger partial charge in [-0.2, -0.15) is 0 Å². The van der Waals surface area contributed by atoms with Gasteiger partial charge in [-0.3, -0.25) is 4.79 Å². The van der Waals surface area contributed by atoms with Gasteiger partial charge in [-0.05, 0) is 19.1 Å². The minimum absolute atomic E-state index is 0.0474. The molecule has 0 radical (unpaired) electrons. The molecule has 0 unspecified atom stereocenters. The van der Waals surface area contributed by atoms with E-state index >= 15 is 0 Å². The second kappa shape index (κ2) is 4.75. The molecule has 1 amide bonds. The van der Waals surface area contributed by atoms with Crippen LogP contribution >= 0.6 is 0 Å². The zero-order valence-corrected chi connectivity index (χ0v) is 9.79. The molecule has 1 aromatic carbocycles. The number of hydrogen-bond donors (Lipinski definition) is 1. The van der Waals surface area contributed by atoms with E-state index in [0.717, 1.165) is 5.69 Å². The number of hydrogen-bond acceptors (Lipinski definition) is 3. The van der Waals surface area contributed by atoms with Gasteiger partial charge in [-0.15, -0.1) is 0 Å². The molecule has 1 aromatic heterocycles. The minimum atomic E-state index is -0.999. The van der Waals surface area contributed by atoms with Crippen LogP contribution in [0.4, 0.5) is 4.79 Å². The Morgan fingerprint density at radius 2 is 1.89 bits per heavy atom. The Hall–Kier alpha value is -2.56. The van der Waals surface area contributed by atoms with Gasteiger partial charge >= 0.3 is 6.09 Å². The lowest BCUT2D eigenvalue weighted by molar-refractivity contribution is 0.210. The quantitative estimate of drug-likeness (QED) is 0.871. The Labute approximate surface area is 103 Å². The molecule has 5 heteroatoms. The Morgan fingerprint density at radius 3 is 2.50 bits per heavy atom. The lowest BCUT2D eigenvalue weighted by Gasteiger charge is -2.13. The Balaban J connectivity index is 2.58. The number of carbonyl (C=O) groups is 1. The maximum atomic E-state index is 11.6. The number of carbonyl (C=O) groups excluding carboxylic acids is 1. The molecule has 0 spiro atoms. The summed E-state index contributed by atoms with van der Waals surface area (Å²) in [5, 5.41) is 0. The Morgan fingerprint density at radius 1 is 1.22 bits per heavy atom. The third-order valence-electron chi connectivity index (χ3n) is 2.53. The molecule has 0 aliphatic heterocycles. The summed E-state index contributed by atoms with van der Waals surface area (Å²) in [5.41, 5.74) is 5.95. The van der Waals surface area contributed by atoms with Crippen molar-refractivity contribution in [3.05, 3.63) is 58.5 Å². The second-order valence-corrected chi connectivity index (χ2v) is 3.72. The average Bonchev–Trinajstić information content (AvgIpc) is 2.35. The molecule has 0 aliphatic rings. The second-order valence-electron chi connectivity index (χ2n) is 3.72. The maximum absolute atomic E-state index is 11.6. The van der Waals surface area contributed by atoms with Crippen LogP contribution in [0.25, 0.3) is 5.69 Å². The maximum Gasteiger partial charge on any atom is 0.410 e. The number of benzene rings is 1. The van der Waals surface area contributed by atoms with E-state index < -0.39 is 6.09 Å². The van der Waals surface area contributed by atoms with Gasteiger partial charge < -0.3 is 15.0 Å². The van der Waals surface area contributed by atoms with Gasteiger partial charge in [0.25, 0.3) is 0 Å². The standard InChI is InChI=1S/C13H12N2O3/c1-9-12(18-13(14)17)11(16)7-8-15(9)10-5-3-2-4-6-10/h2-8H,1H3,(H2,14,17). The first-order chi connectivity index (χ1) is 8.59. The van der Waals surface area contributed by atoms with E-state index in [2.05, 4.69) is 0 Å². The number of pyridine rings is 1. The van der Waals surface area contributed by atoms with Crippen LogP contribution in [0, 0.1) is 6.92 Å². The van der Waals surface area contributed by atoms with E-state index in [4.69, 9.17) is 10.5 Å². The van der Waals surface area contributed by atoms with Crippen molar-refractivity contribution >= 4 is 6.09 Å². The molecule has 0 saturated carbocycles. The smallest absolute Gasteiger partial charge is 0.404 e. The van der Waals surface area contributed by atoms with Crippen LogP contribution in [-0.2, 0) is 0 Å². The Kier molecular flexibility index (Phi) is 3.14. The molecule has 1 heterocycles. The summed E-state index contributed by atoms with van der Waals surface area (Å²) in [6.45, 7) is 1.69. The van der Waals surface area contributed by atoms with Crippen molar-refractivity contribution in [1.82, 2.24) is 4.57 Å². The molecule has 18 heavy (non-hydrogen) atoms. The van der Waals surface area contributed by atoms with Crippen molar-refractivity contribution in [3.63, 3.8) is 0 Å². The van der Waals surface area contributed by atoms with Crippen LogP contribution in [0.1, 0.15) is 5.69 Å². The van der Waals surface area contributed by atoms with E-state index in [0.29, 0.717) is 5.69 Å². The molecule has 2 aromatic rings. The number of nitrogens with two attached hydrogens (primary N) is 1. The van der Waals surface area contributed by atoms with E-state index in [1.165, 1.54) is 6.07 Å². The van der Waals surface area contributed by atoms with E-state index in [1.54, 1.807) is 17.7 Å². The highest BCUT2D eigenvalue weighted by molar-refractivity contribution is 5.68. The highest BCUT2D eigenvalue weighted by Crippen LogP contribution is 2.16. The number of rotatable bonds is 2. The highest BCUT2D eigenvalue weighted by Gasteiger charge is 2.11. The SMILES string of the molecule is Cc1c(OC(N)=O)c(=O)ccn1-c1ccccc1. The summed E-state index contributed by atoms with van der Waals surface area (Å²) in [5.74, 6) is -0.0474. The van der Waals surface area contributed by atoms with E-state index in [-0.39, 0.29) is 11.2 Å². The first-order valence-corrected chi connectivity index (χ1v) is 5.34. The summed E-state index contributed by atoms with van der Waals surface area (Å²) in [7, 11) is 0. The highest BCUT2D eigenvalue weighted by atomic mass is 16.5. The normalized spacial score (nSPS) is 10.1. The lowest BCUT2D eigenvalue weighted by atomic mass is 10.2. The summed E-state index contributed by atoms with van der Waals surface area (Å²) < 4.78 is 6.49. The predicted molar refractivity (Wildman–Crippen MR) is 67.0 cm³/mol. The third-order valence-corrected chi connectivity index (χ3v) is 2.53. The van der Waals surface area contributed by atoms with Crippen molar-refractivity contribution in [2.75, 3.05) is 0 Å². The van der Waals surface area contributed by atoms with Gasteiger partial charge in [0.15, 0.2) is 5.75 Å². The molecular formula is C13H12N2O3. The first kappa shape index (κ1) is 11.9. The van der Waals surface area contributed by atoms with Gasteiger partial charge in [0.2, 0.25) is 5.43 Å². The number of amides is 1. The van der Waals surface area contributed by atoms with Gasteiger partial charge in [0.1, 0.15) is 0 Å². The van der Waals surface area contributed by atoms with Crippen molar-refractivity contribution in [3.8, 4) is 11.4 Å². The lowest BCUT2D eigenvalue weighted by Crippen LogP contribution is -2.22. The van der Waals surface area contributed by atoms with Crippen LogP contribution in [-0.4, -0.2) is 10.7 Å². The van der Waals surface area contributed by atoms with Crippen LogP contribution < -0.4 is 15.9 Å². The van der Waals surface area contributed by atoms with Gasteiger partial charge in [-0.1, -0.05) is 18.2 Å². The van der Waals surface area contributed by atoms with Crippen molar-refractivity contribution in [2.45, 2.75) is 6.92 Å². The Bertz CT molecular complexity index is 632. The van der Waals surface area contributed by atoms with Crippen LogP contribution in [0.2, 0.25) is 0 Å². The fourth-order valence-electron chi connectivity index (χ4n) is 1.71. The number of aromatic nitrogens is 1. The number of nitrogens with zero attached hydrogens (tertiary/aromatic N) is 1. The molecule has 0 atom stereocenters. The summed E-state index contributed by atoms with van der Waals surface area (Å²) in [6.07, 6.45) is 0.627. The van der Waals surface area contributed by atoms with Crippen molar-refractivity contribution in [2.24, 2.45) is 5.73 Å². The zero-order valence-electron chi connectivity index (χ0n) is 9.79. The molecule has 2 N–H and O–H groups in total. The van der Waals surface area contributed by atoms with Crippen molar-refractivity contribution in [1.29, 1.82) is 0 Å². The third kappa shape index (κ3) is 2.24. The molecule has 2 rings (SSSR count). The van der Waals surface area contributed by atoms with Gasteiger partial charge in [-0.25, -0.2) is 4.79 Å². The number of primary amides is 1. The fraction of sp³-hybridized carbons (Fsp3) is 0.0769. The summed E-state index contributed by atoms with van der Waals surface area (Å²) in [6, 6.07) is 10.7. The van der Waals surface area contributed by atoms with Crippen LogP contribution in [0.3, 0.4) is 0 Å². The predicted octanol–water partition coefficient (Wildman–Crippen LogP) is 1.60. The zero-order chi connectivity index (χ0) is 13.1. The van der Waals surface area contributed by atoms with Crippen LogP contribution in [0.15, 0.2) is 47.4 Å². The van der Waals surface area contributed by atoms with E-state index in [1.807, 2.05) is 30.3 Å². The molecule has 0 bridgehead atoms. The number of ether oxygens (including phenoxy) is 1. The average molecular weight is 244 g/mol. The molecule has 0 fully saturated rings. The molecule has 0 saturated heterocycles. The molecule has 92 valence electrons. The summed E-state index contributed by atoms with van der Waals surface area (Å²) in [4.78, 5) is 22.4. The van der Waals surface area contributed by atoms with Gasteiger partial charge in [0, 0.05) is 18.0 Å². The fourth-order valence-corrected chi connectivity index (χ4v) is 1.71. The molecule has 0 aliphatic carbocycles. The van der Waals surface area contributed by atoms with Gasteiger partial charge in [0.05, 0.1) is 5.69 Å². The number of para-hydroxylation sites is 1. The molecule has 5 nitrogen and oxygen atoms in total. The largest absolute Gasteiger partial charge is 0.410 e. The topological polar surface area (TPSA) is 74.3 Å². The molecular weight excluding hydrogens is 232 g/mol. The van der Waals surface area contributed by atoms with Crippen molar-refractivity contribution < 1.29 is 9.53 Å². The van der Waals surface area contributed by atoms with Crippen LogP contribution in [0.5, 0.6) is 5.75 Å². The minimum Gasteiger partial charge on any atom is -0.404 e.